The second kappa shape index (κ2) is 7.34. The first-order chi connectivity index (χ1) is 16.0. The van der Waals surface area contributed by atoms with Crippen LogP contribution in [0.5, 0.6) is 0 Å². The molecule has 3 aliphatic rings. The molecule has 2 amide bonds. The Morgan fingerprint density at radius 1 is 0.636 bits per heavy atom. The van der Waals surface area contributed by atoms with E-state index in [1.54, 1.807) is 36.4 Å². The molecule has 6 rings (SSSR count). The smallest absolute Gasteiger partial charge is 0.238 e. The van der Waals surface area contributed by atoms with Crippen LogP contribution in [-0.2, 0) is 9.59 Å². The van der Waals surface area contributed by atoms with Crippen LogP contribution in [0, 0.1) is 35.3 Å². The number of carbonyl (C=O) groups is 2. The number of amides is 2. The van der Waals surface area contributed by atoms with Crippen LogP contribution in [0.2, 0.25) is 0 Å². The van der Waals surface area contributed by atoms with Crippen molar-refractivity contribution in [3.8, 4) is 0 Å². The van der Waals surface area contributed by atoms with E-state index in [9.17, 15) is 18.4 Å². The van der Waals surface area contributed by atoms with Crippen molar-refractivity contribution in [1.82, 2.24) is 0 Å². The first-order valence-corrected chi connectivity index (χ1v) is 10.9. The SMILES string of the molecule is O=C1[C@@H]2[C@@H](C(=O)N1c1ccccc1)[C@@H]1C=C[C@@H]2C1=C(c1ccc(F)cc1)c1ccc(F)cc1. The van der Waals surface area contributed by atoms with E-state index in [2.05, 4.69) is 0 Å². The molecule has 0 N–H and O–H groups in total. The van der Waals surface area contributed by atoms with E-state index in [0.29, 0.717) is 5.69 Å². The minimum Gasteiger partial charge on any atom is -0.274 e. The highest BCUT2D eigenvalue weighted by molar-refractivity contribution is 6.23. The third-order valence-electron chi connectivity index (χ3n) is 6.98. The van der Waals surface area contributed by atoms with Crippen LogP contribution >= 0.6 is 0 Å². The first kappa shape index (κ1) is 19.8. The molecule has 2 bridgehead atoms. The van der Waals surface area contributed by atoms with Crippen molar-refractivity contribution in [3.05, 3.63) is 119 Å². The molecule has 2 aliphatic carbocycles. The number of nitrogens with zero attached hydrogens (tertiary/aromatic N) is 1. The zero-order valence-electron chi connectivity index (χ0n) is 17.5. The monoisotopic (exact) mass is 439 g/mol. The molecule has 1 aliphatic heterocycles. The van der Waals surface area contributed by atoms with E-state index in [4.69, 9.17) is 0 Å². The van der Waals surface area contributed by atoms with E-state index < -0.39 is 11.8 Å². The van der Waals surface area contributed by atoms with Crippen LogP contribution in [-0.4, -0.2) is 11.8 Å². The van der Waals surface area contributed by atoms with Gasteiger partial charge in [-0.1, -0.05) is 54.6 Å². The van der Waals surface area contributed by atoms with Crippen molar-refractivity contribution in [2.75, 3.05) is 4.90 Å². The van der Waals surface area contributed by atoms with E-state index >= 15 is 0 Å². The Hall–Kier alpha value is -3.86. The predicted octanol–water partition coefficient (Wildman–Crippen LogP) is 5.39. The maximum atomic E-state index is 13.7. The van der Waals surface area contributed by atoms with Gasteiger partial charge in [0, 0.05) is 11.8 Å². The number of halogens is 2. The highest BCUT2D eigenvalue weighted by atomic mass is 19.1. The Morgan fingerprint density at radius 2 is 1.09 bits per heavy atom. The van der Waals surface area contributed by atoms with Gasteiger partial charge in [-0.15, -0.1) is 0 Å². The lowest BCUT2D eigenvalue weighted by Crippen LogP contribution is -2.33. The fourth-order valence-electron chi connectivity index (χ4n) is 5.66. The number of anilines is 1. The third-order valence-corrected chi connectivity index (χ3v) is 6.98. The molecule has 0 radical (unpaired) electrons. The highest BCUT2D eigenvalue weighted by Crippen LogP contribution is 2.58. The summed E-state index contributed by atoms with van der Waals surface area (Å²) in [6, 6.07) is 21.3. The van der Waals surface area contributed by atoms with Gasteiger partial charge in [-0.25, -0.2) is 13.7 Å². The largest absolute Gasteiger partial charge is 0.274 e. The number of rotatable bonds is 3. The van der Waals surface area contributed by atoms with Gasteiger partial charge in [-0.2, -0.15) is 0 Å². The Balaban J connectivity index is 1.50. The van der Waals surface area contributed by atoms with Gasteiger partial charge in [0.1, 0.15) is 11.6 Å². The highest BCUT2D eigenvalue weighted by Gasteiger charge is 2.62. The Morgan fingerprint density at radius 3 is 1.55 bits per heavy atom. The van der Waals surface area contributed by atoms with E-state index in [0.717, 1.165) is 22.3 Å². The molecule has 33 heavy (non-hydrogen) atoms. The maximum absolute atomic E-state index is 13.7. The van der Waals surface area contributed by atoms with Crippen LogP contribution in [0.4, 0.5) is 14.5 Å². The van der Waals surface area contributed by atoms with E-state index in [-0.39, 0.29) is 35.3 Å². The lowest BCUT2D eigenvalue weighted by Gasteiger charge is -2.21. The van der Waals surface area contributed by atoms with Crippen molar-refractivity contribution in [2.45, 2.75) is 0 Å². The van der Waals surface area contributed by atoms with Gasteiger partial charge in [0.15, 0.2) is 0 Å². The van der Waals surface area contributed by atoms with Crippen molar-refractivity contribution < 1.29 is 18.4 Å². The molecule has 3 aromatic rings. The Bertz CT molecular complexity index is 1250. The lowest BCUT2D eigenvalue weighted by molar-refractivity contribution is -0.122. The molecule has 0 spiro atoms. The predicted molar refractivity (Wildman–Crippen MR) is 121 cm³/mol. The van der Waals surface area contributed by atoms with Crippen molar-refractivity contribution in [3.63, 3.8) is 0 Å². The van der Waals surface area contributed by atoms with Gasteiger partial charge in [0.05, 0.1) is 17.5 Å². The number of allylic oxidation sites excluding steroid dienone is 3. The van der Waals surface area contributed by atoms with Crippen LogP contribution < -0.4 is 4.90 Å². The molecule has 1 saturated heterocycles. The number of fused-ring (bicyclic) bond motifs is 5. The number of benzene rings is 3. The summed E-state index contributed by atoms with van der Waals surface area (Å²) < 4.78 is 27.3. The van der Waals surface area contributed by atoms with Crippen molar-refractivity contribution in [1.29, 1.82) is 0 Å². The molecule has 3 aromatic carbocycles. The van der Waals surface area contributed by atoms with E-state index in [1.807, 2.05) is 30.4 Å². The summed E-state index contributed by atoms with van der Waals surface area (Å²) in [6.45, 7) is 0. The zero-order valence-corrected chi connectivity index (χ0v) is 17.5. The molecule has 0 aromatic heterocycles. The fraction of sp³-hybridized carbons (Fsp3) is 0.143. The molecule has 3 nitrogen and oxygen atoms in total. The standard InChI is InChI=1S/C28H19F2NO2/c29-18-10-6-16(7-11-18)23(17-8-12-19(30)13-9-17)24-21-14-15-22(24)26-25(21)27(32)31(28(26)33)20-4-2-1-3-5-20/h1-15,21-22,25-26H/t21-,22-,25+,26+/m1/s1. The number of para-hydroxylation sites is 1. The minimum atomic E-state index is -0.474. The third kappa shape index (κ3) is 2.92. The number of hydrogen-bond donors (Lipinski definition) is 0. The fourth-order valence-corrected chi connectivity index (χ4v) is 5.66. The second-order valence-corrected chi connectivity index (χ2v) is 8.68. The molecule has 2 fully saturated rings. The van der Waals surface area contributed by atoms with Gasteiger partial charge in [0.2, 0.25) is 11.8 Å². The zero-order chi connectivity index (χ0) is 22.7. The summed E-state index contributed by atoms with van der Waals surface area (Å²) in [6.07, 6.45) is 4.02. The lowest BCUT2D eigenvalue weighted by atomic mass is 9.85. The molecule has 1 saturated carbocycles. The summed E-state index contributed by atoms with van der Waals surface area (Å²) in [7, 11) is 0. The molecule has 4 atom stereocenters. The van der Waals surface area contributed by atoms with Crippen LogP contribution in [0.3, 0.4) is 0 Å². The Labute approximate surface area is 189 Å². The summed E-state index contributed by atoms with van der Waals surface area (Å²) in [5.74, 6) is -2.51. The summed E-state index contributed by atoms with van der Waals surface area (Å²) >= 11 is 0. The van der Waals surface area contributed by atoms with Gasteiger partial charge in [-0.3, -0.25) is 9.59 Å². The quantitative estimate of drug-likeness (QED) is 0.406. The van der Waals surface area contributed by atoms with Crippen molar-refractivity contribution >= 4 is 23.1 Å². The normalized spacial score (nSPS) is 25.2. The average Bonchev–Trinajstić information content (AvgIpc) is 3.46. The van der Waals surface area contributed by atoms with E-state index in [1.165, 1.54) is 29.2 Å². The topological polar surface area (TPSA) is 37.4 Å². The number of imide groups is 1. The van der Waals surface area contributed by atoms with Gasteiger partial charge in [-0.05, 0) is 58.7 Å². The van der Waals surface area contributed by atoms with Gasteiger partial charge in [0.25, 0.3) is 0 Å². The molecular formula is C28H19F2NO2. The van der Waals surface area contributed by atoms with Crippen LogP contribution in [0.1, 0.15) is 11.1 Å². The van der Waals surface area contributed by atoms with Crippen molar-refractivity contribution in [2.24, 2.45) is 23.7 Å². The summed E-state index contributed by atoms with van der Waals surface area (Å²) in [5.41, 5.74) is 3.94. The van der Waals surface area contributed by atoms with Crippen LogP contribution in [0.25, 0.3) is 5.57 Å². The summed E-state index contributed by atoms with van der Waals surface area (Å²) in [5, 5.41) is 0. The Kier molecular flexibility index (Phi) is 4.40. The second-order valence-electron chi connectivity index (χ2n) is 8.68. The average molecular weight is 439 g/mol. The molecule has 0 unspecified atom stereocenters. The van der Waals surface area contributed by atoms with Gasteiger partial charge < -0.3 is 0 Å². The molecular weight excluding hydrogens is 420 g/mol. The first-order valence-electron chi connectivity index (χ1n) is 10.9. The summed E-state index contributed by atoms with van der Waals surface area (Å²) in [4.78, 5) is 28.2. The van der Waals surface area contributed by atoms with Gasteiger partial charge >= 0.3 is 0 Å². The maximum Gasteiger partial charge on any atom is 0.238 e. The molecule has 5 heteroatoms. The molecule has 1 heterocycles. The minimum absolute atomic E-state index is 0.192. The molecule has 162 valence electrons. The van der Waals surface area contributed by atoms with Crippen LogP contribution in [0.15, 0.2) is 96.6 Å². The number of hydrogen-bond acceptors (Lipinski definition) is 2. The number of carbonyl (C=O) groups excluding carboxylic acids is 2.